The molecule has 16 heavy (non-hydrogen) atoms. The minimum atomic E-state index is 0.952. The molecule has 0 aliphatic carbocycles. The van der Waals surface area contributed by atoms with Crippen molar-refractivity contribution in [3.8, 4) is 0 Å². The fraction of sp³-hybridized carbons (Fsp3) is 0.727. The highest BCUT2D eigenvalue weighted by Crippen LogP contribution is 2.20. The van der Waals surface area contributed by atoms with Crippen LogP contribution in [0.2, 0.25) is 0 Å². The lowest BCUT2D eigenvalue weighted by molar-refractivity contribution is 0.290. The normalized spacial score (nSPS) is 18.3. The molecule has 1 N–H and O–H groups in total. The highest BCUT2D eigenvalue weighted by atomic mass is 32.2. The van der Waals surface area contributed by atoms with Crippen LogP contribution in [-0.4, -0.2) is 41.0 Å². The molecule has 0 radical (unpaired) electrons. The first-order valence-corrected chi connectivity index (χ1v) is 7.84. The molecule has 0 saturated carbocycles. The summed E-state index contributed by atoms with van der Waals surface area (Å²) in [7, 11) is 0. The fourth-order valence-electron chi connectivity index (χ4n) is 1.79. The zero-order valence-corrected chi connectivity index (χ0v) is 11.4. The molecule has 2 heterocycles. The molecule has 5 heteroatoms. The van der Waals surface area contributed by atoms with Gasteiger partial charge in [0.2, 0.25) is 0 Å². The largest absolute Gasteiger partial charge is 0.362 e. The van der Waals surface area contributed by atoms with Crippen molar-refractivity contribution >= 4 is 28.2 Å². The molecule has 3 nitrogen and oxygen atoms in total. The van der Waals surface area contributed by atoms with E-state index in [-0.39, 0.29) is 0 Å². The summed E-state index contributed by atoms with van der Waals surface area (Å²) in [5.41, 5.74) is 0. The van der Waals surface area contributed by atoms with Crippen LogP contribution < -0.4 is 5.32 Å². The van der Waals surface area contributed by atoms with E-state index < -0.39 is 0 Å². The summed E-state index contributed by atoms with van der Waals surface area (Å²) in [6, 6.07) is 0. The van der Waals surface area contributed by atoms with E-state index in [1.54, 1.807) is 11.3 Å². The van der Waals surface area contributed by atoms with E-state index in [1.165, 1.54) is 35.9 Å². The van der Waals surface area contributed by atoms with Crippen molar-refractivity contribution in [2.24, 2.45) is 0 Å². The van der Waals surface area contributed by atoms with Crippen LogP contribution in [0, 0.1) is 0 Å². The molecule has 1 aliphatic heterocycles. The number of thiazole rings is 1. The minimum Gasteiger partial charge on any atom is -0.362 e. The van der Waals surface area contributed by atoms with Crippen molar-refractivity contribution in [3.05, 3.63) is 11.1 Å². The second-order valence-electron chi connectivity index (χ2n) is 3.90. The Morgan fingerprint density at radius 3 is 3.25 bits per heavy atom. The van der Waals surface area contributed by atoms with Gasteiger partial charge < -0.3 is 5.32 Å². The van der Waals surface area contributed by atoms with Gasteiger partial charge in [-0.25, -0.2) is 4.98 Å². The Kier molecular flexibility index (Phi) is 4.93. The van der Waals surface area contributed by atoms with Crippen LogP contribution >= 0.6 is 23.1 Å². The predicted molar refractivity (Wildman–Crippen MR) is 73.5 cm³/mol. The molecule has 1 aromatic heterocycles. The van der Waals surface area contributed by atoms with Gasteiger partial charge in [0, 0.05) is 36.5 Å². The Morgan fingerprint density at radius 2 is 2.38 bits per heavy atom. The first-order valence-electron chi connectivity index (χ1n) is 5.87. The summed E-state index contributed by atoms with van der Waals surface area (Å²) < 4.78 is 0. The van der Waals surface area contributed by atoms with Crippen LogP contribution in [0.15, 0.2) is 6.20 Å². The smallest absolute Gasteiger partial charge is 0.182 e. The second-order valence-corrected chi connectivity index (χ2v) is 6.24. The van der Waals surface area contributed by atoms with Crippen molar-refractivity contribution in [2.75, 3.05) is 36.5 Å². The average molecular weight is 257 g/mol. The van der Waals surface area contributed by atoms with E-state index in [0.717, 1.165) is 18.2 Å². The standard InChI is InChI=1S/C11H19N3S2/c1-2-12-11-13-8-10(16-11)9-14-4-3-6-15-7-5-14/h8H,2-7,9H2,1H3,(H,12,13). The molecule has 0 atom stereocenters. The number of rotatable bonds is 4. The molecule has 1 fully saturated rings. The lowest BCUT2D eigenvalue weighted by Crippen LogP contribution is -2.24. The Hall–Kier alpha value is -0.260. The maximum atomic E-state index is 4.37. The summed E-state index contributed by atoms with van der Waals surface area (Å²) in [6.07, 6.45) is 3.34. The van der Waals surface area contributed by atoms with Gasteiger partial charge in [0.1, 0.15) is 0 Å². The quantitative estimate of drug-likeness (QED) is 0.897. The van der Waals surface area contributed by atoms with Gasteiger partial charge in [-0.15, -0.1) is 11.3 Å². The van der Waals surface area contributed by atoms with E-state index in [4.69, 9.17) is 0 Å². The molecule has 0 aromatic carbocycles. The Labute approximate surface area is 106 Å². The van der Waals surface area contributed by atoms with Crippen LogP contribution in [-0.2, 0) is 6.54 Å². The van der Waals surface area contributed by atoms with Crippen LogP contribution in [0.4, 0.5) is 5.13 Å². The Balaban J connectivity index is 1.86. The summed E-state index contributed by atoms with van der Waals surface area (Å²) in [4.78, 5) is 8.29. The third kappa shape index (κ3) is 3.64. The van der Waals surface area contributed by atoms with Gasteiger partial charge in [0.15, 0.2) is 5.13 Å². The van der Waals surface area contributed by atoms with Gasteiger partial charge in [0.05, 0.1) is 0 Å². The zero-order chi connectivity index (χ0) is 11.2. The summed E-state index contributed by atoms with van der Waals surface area (Å²) in [6.45, 7) is 6.59. The van der Waals surface area contributed by atoms with Crippen molar-refractivity contribution in [1.29, 1.82) is 0 Å². The van der Waals surface area contributed by atoms with Gasteiger partial charge in [-0.1, -0.05) is 0 Å². The number of hydrogen-bond acceptors (Lipinski definition) is 5. The maximum Gasteiger partial charge on any atom is 0.182 e. The van der Waals surface area contributed by atoms with E-state index in [1.807, 2.05) is 6.20 Å². The average Bonchev–Trinajstić information content (AvgIpc) is 2.56. The zero-order valence-electron chi connectivity index (χ0n) is 9.74. The van der Waals surface area contributed by atoms with E-state index in [0.29, 0.717) is 0 Å². The number of nitrogens with zero attached hydrogens (tertiary/aromatic N) is 2. The predicted octanol–water partition coefficient (Wildman–Crippen LogP) is 2.51. The molecular formula is C11H19N3S2. The first kappa shape index (κ1) is 12.2. The molecule has 0 bridgehead atoms. The maximum absolute atomic E-state index is 4.37. The van der Waals surface area contributed by atoms with E-state index >= 15 is 0 Å². The van der Waals surface area contributed by atoms with Gasteiger partial charge in [-0.05, 0) is 25.6 Å². The second kappa shape index (κ2) is 6.47. The Bertz CT molecular complexity index is 306. The van der Waals surface area contributed by atoms with Crippen molar-refractivity contribution < 1.29 is 0 Å². The number of nitrogens with one attached hydrogen (secondary N) is 1. The number of thioether (sulfide) groups is 1. The van der Waals surface area contributed by atoms with Crippen LogP contribution in [0.1, 0.15) is 18.2 Å². The van der Waals surface area contributed by atoms with Crippen LogP contribution in [0.5, 0.6) is 0 Å². The third-order valence-electron chi connectivity index (χ3n) is 2.58. The van der Waals surface area contributed by atoms with Crippen molar-refractivity contribution in [3.63, 3.8) is 0 Å². The molecule has 2 rings (SSSR count). The SMILES string of the molecule is CCNc1ncc(CN2CCCSCC2)s1. The summed E-state index contributed by atoms with van der Waals surface area (Å²) in [5.74, 6) is 2.60. The molecule has 0 amide bonds. The summed E-state index contributed by atoms with van der Waals surface area (Å²) in [5, 5.41) is 4.32. The highest BCUT2D eigenvalue weighted by molar-refractivity contribution is 7.99. The van der Waals surface area contributed by atoms with Crippen molar-refractivity contribution in [1.82, 2.24) is 9.88 Å². The lowest BCUT2D eigenvalue weighted by atomic mass is 10.4. The van der Waals surface area contributed by atoms with Gasteiger partial charge in [0.25, 0.3) is 0 Å². The minimum absolute atomic E-state index is 0.952. The molecule has 0 spiro atoms. The molecule has 90 valence electrons. The summed E-state index contributed by atoms with van der Waals surface area (Å²) >= 11 is 3.86. The number of aromatic nitrogens is 1. The molecular weight excluding hydrogens is 238 g/mol. The molecule has 1 aromatic rings. The fourth-order valence-corrected chi connectivity index (χ4v) is 3.64. The molecule has 0 unspecified atom stereocenters. The number of anilines is 1. The van der Waals surface area contributed by atoms with Gasteiger partial charge in [-0.3, -0.25) is 4.90 Å². The highest BCUT2D eigenvalue weighted by Gasteiger charge is 2.11. The van der Waals surface area contributed by atoms with E-state index in [2.05, 4.69) is 33.9 Å². The van der Waals surface area contributed by atoms with E-state index in [9.17, 15) is 0 Å². The van der Waals surface area contributed by atoms with Crippen molar-refractivity contribution in [2.45, 2.75) is 19.9 Å². The lowest BCUT2D eigenvalue weighted by Gasteiger charge is -2.17. The van der Waals surface area contributed by atoms with Crippen LogP contribution in [0.3, 0.4) is 0 Å². The van der Waals surface area contributed by atoms with Gasteiger partial charge >= 0.3 is 0 Å². The monoisotopic (exact) mass is 257 g/mol. The molecule has 1 aliphatic rings. The topological polar surface area (TPSA) is 28.2 Å². The van der Waals surface area contributed by atoms with Crippen LogP contribution in [0.25, 0.3) is 0 Å². The van der Waals surface area contributed by atoms with Gasteiger partial charge in [-0.2, -0.15) is 11.8 Å². The third-order valence-corrected chi connectivity index (χ3v) is 4.56. The number of hydrogen-bond donors (Lipinski definition) is 1. The molecule has 1 saturated heterocycles. The first-order chi connectivity index (χ1) is 7.88. The Morgan fingerprint density at radius 1 is 1.44 bits per heavy atom.